The summed E-state index contributed by atoms with van der Waals surface area (Å²) in [6.07, 6.45) is 5.22. The van der Waals surface area contributed by atoms with E-state index in [9.17, 15) is 4.55 Å². The van der Waals surface area contributed by atoms with Crippen molar-refractivity contribution < 1.29 is 4.55 Å². The number of hydrogen-bond acceptors (Lipinski definition) is 1. The monoisotopic (exact) mass is 260 g/mol. The molecular formula is C16H20OS. The van der Waals surface area contributed by atoms with E-state index < -0.39 is 11.2 Å². The first-order valence-electron chi connectivity index (χ1n) is 6.32. The highest BCUT2D eigenvalue weighted by molar-refractivity contribution is 7.92. The molecule has 1 aliphatic rings. The third kappa shape index (κ3) is 2.70. The molecule has 0 N–H and O–H groups in total. The zero-order chi connectivity index (χ0) is 13.3. The number of hydrogen-bond donors (Lipinski definition) is 0. The molecule has 96 valence electrons. The van der Waals surface area contributed by atoms with Crippen molar-refractivity contribution in [2.24, 2.45) is 0 Å². The second kappa shape index (κ2) is 5.33. The van der Waals surface area contributed by atoms with Crippen molar-refractivity contribution in [3.05, 3.63) is 52.6 Å². The minimum absolute atomic E-state index is 0.121. The second-order valence-corrected chi connectivity index (χ2v) is 6.73. The highest BCUT2D eigenvalue weighted by Gasteiger charge is 2.24. The van der Waals surface area contributed by atoms with Crippen LogP contribution in [-0.4, -0.2) is 9.80 Å². The lowest BCUT2D eigenvalue weighted by molar-refractivity contribution is 0.586. The summed E-state index contributed by atoms with van der Waals surface area (Å²) in [6.45, 7) is 8.36. The van der Waals surface area contributed by atoms with E-state index in [0.717, 1.165) is 11.3 Å². The van der Waals surface area contributed by atoms with Crippen molar-refractivity contribution in [1.82, 2.24) is 0 Å². The predicted octanol–water partition coefficient (Wildman–Crippen LogP) is 4.08. The van der Waals surface area contributed by atoms with Gasteiger partial charge in [0.25, 0.3) is 0 Å². The van der Waals surface area contributed by atoms with Crippen LogP contribution in [-0.2, 0) is 11.2 Å². The Morgan fingerprint density at radius 1 is 1.06 bits per heavy atom. The topological polar surface area (TPSA) is 23.1 Å². The van der Waals surface area contributed by atoms with Crippen LogP contribution in [0.3, 0.4) is 0 Å². The summed E-state index contributed by atoms with van der Waals surface area (Å²) in [5.41, 5.74) is 5.03. The zero-order valence-corrected chi connectivity index (χ0v) is 12.3. The van der Waals surface area contributed by atoms with Crippen LogP contribution in [0.5, 0.6) is 0 Å². The molecule has 2 unspecified atom stereocenters. The van der Waals surface area contributed by atoms with Gasteiger partial charge >= 0.3 is 0 Å². The molecule has 1 aromatic carbocycles. The molecule has 0 aliphatic heterocycles. The average molecular weight is 260 g/mol. The molecule has 1 aliphatic carbocycles. The maximum absolute atomic E-state index is 12.6. The Kier molecular flexibility index (Phi) is 3.98. The molecule has 0 saturated carbocycles. The van der Waals surface area contributed by atoms with E-state index in [1.807, 2.05) is 6.07 Å². The summed E-state index contributed by atoms with van der Waals surface area (Å²) in [4.78, 5) is 0.945. The van der Waals surface area contributed by atoms with Gasteiger partial charge in [-0.25, -0.2) is 0 Å². The fourth-order valence-electron chi connectivity index (χ4n) is 2.10. The van der Waals surface area contributed by atoms with Gasteiger partial charge < -0.3 is 4.55 Å². The third-order valence-electron chi connectivity index (χ3n) is 3.70. The third-order valence-corrected chi connectivity index (χ3v) is 5.30. The number of rotatable bonds is 2. The van der Waals surface area contributed by atoms with Crippen molar-refractivity contribution in [1.29, 1.82) is 0 Å². The first-order valence-corrected chi connectivity index (χ1v) is 7.53. The van der Waals surface area contributed by atoms with Crippen LogP contribution in [0.25, 0.3) is 0 Å². The Balaban J connectivity index is 2.22. The van der Waals surface area contributed by atoms with Crippen molar-refractivity contribution in [2.75, 3.05) is 0 Å². The van der Waals surface area contributed by atoms with E-state index in [-0.39, 0.29) is 5.25 Å². The van der Waals surface area contributed by atoms with Crippen molar-refractivity contribution in [3.8, 4) is 0 Å². The average Bonchev–Trinajstić information content (AvgIpc) is 2.35. The summed E-state index contributed by atoms with van der Waals surface area (Å²) >= 11 is -0.945. The highest BCUT2D eigenvalue weighted by Crippen LogP contribution is 2.27. The van der Waals surface area contributed by atoms with Crippen molar-refractivity contribution >= 4 is 11.2 Å². The van der Waals surface area contributed by atoms with E-state index in [0.29, 0.717) is 0 Å². The van der Waals surface area contributed by atoms with Crippen LogP contribution < -0.4 is 0 Å². The molecule has 0 radical (unpaired) electrons. The Hall–Kier alpha value is -0.990. The molecule has 1 aromatic rings. The maximum Gasteiger partial charge on any atom is 0.153 e. The van der Waals surface area contributed by atoms with Gasteiger partial charge in [0, 0.05) is 6.42 Å². The van der Waals surface area contributed by atoms with Gasteiger partial charge in [-0.3, -0.25) is 0 Å². The smallest absolute Gasteiger partial charge is 0.153 e. The maximum atomic E-state index is 12.6. The SMILES string of the molecule is CC1=CCC([S+]([O-])c2ccc(C)c(C)c2)C=C1C. The van der Waals surface area contributed by atoms with Crippen LogP contribution >= 0.6 is 0 Å². The molecule has 0 aromatic heterocycles. The lowest BCUT2D eigenvalue weighted by atomic mass is 10.0. The molecule has 2 rings (SSSR count). The molecule has 0 bridgehead atoms. The van der Waals surface area contributed by atoms with E-state index in [1.54, 1.807) is 0 Å². The predicted molar refractivity (Wildman–Crippen MR) is 78.2 cm³/mol. The molecule has 0 spiro atoms. The normalized spacial score (nSPS) is 21.3. The minimum Gasteiger partial charge on any atom is -0.611 e. The summed E-state index contributed by atoms with van der Waals surface area (Å²) < 4.78 is 12.6. The van der Waals surface area contributed by atoms with Gasteiger partial charge in [-0.2, -0.15) is 0 Å². The molecule has 0 amide bonds. The number of aryl methyl sites for hydroxylation is 2. The first kappa shape index (κ1) is 13.4. The molecular weight excluding hydrogens is 240 g/mol. The van der Waals surface area contributed by atoms with Gasteiger partial charge in [-0.15, -0.1) is 0 Å². The molecule has 0 saturated heterocycles. The van der Waals surface area contributed by atoms with Gasteiger partial charge in [0.15, 0.2) is 4.90 Å². The first-order chi connectivity index (χ1) is 8.49. The van der Waals surface area contributed by atoms with Crippen LogP contribution in [0.4, 0.5) is 0 Å². The second-order valence-electron chi connectivity index (χ2n) is 5.05. The van der Waals surface area contributed by atoms with Crippen LogP contribution in [0.2, 0.25) is 0 Å². The molecule has 0 heterocycles. The van der Waals surface area contributed by atoms with Gasteiger partial charge in [-0.05, 0) is 73.8 Å². The molecule has 2 heteroatoms. The Morgan fingerprint density at radius 3 is 2.39 bits per heavy atom. The molecule has 18 heavy (non-hydrogen) atoms. The van der Waals surface area contributed by atoms with Gasteiger partial charge in [-0.1, -0.05) is 17.7 Å². The summed E-state index contributed by atoms with van der Waals surface area (Å²) in [5.74, 6) is 0. The van der Waals surface area contributed by atoms with E-state index in [1.165, 1.54) is 22.3 Å². The lowest BCUT2D eigenvalue weighted by Crippen LogP contribution is -2.21. The standard InChI is InChI=1S/C16H20OS/c1-11-5-7-15(9-13(11)3)18(17)16-8-6-12(2)14(4)10-16/h5-7,9-10,16H,8H2,1-4H3. The van der Waals surface area contributed by atoms with Crippen LogP contribution in [0, 0.1) is 13.8 Å². The fraction of sp³-hybridized carbons (Fsp3) is 0.375. The quantitative estimate of drug-likeness (QED) is 0.735. The van der Waals surface area contributed by atoms with Gasteiger partial charge in [0.05, 0.1) is 0 Å². The molecule has 0 fully saturated rings. The Bertz CT molecular complexity index is 514. The Labute approximate surface area is 113 Å². The molecule has 2 atom stereocenters. The minimum atomic E-state index is -0.945. The van der Waals surface area contributed by atoms with E-state index in [2.05, 4.69) is 52.0 Å². The Morgan fingerprint density at radius 2 is 1.78 bits per heavy atom. The van der Waals surface area contributed by atoms with E-state index >= 15 is 0 Å². The summed E-state index contributed by atoms with van der Waals surface area (Å²) in [7, 11) is 0. The van der Waals surface area contributed by atoms with Crippen molar-refractivity contribution in [2.45, 2.75) is 44.3 Å². The van der Waals surface area contributed by atoms with Crippen LogP contribution in [0.1, 0.15) is 31.4 Å². The van der Waals surface area contributed by atoms with Gasteiger partial charge in [0.1, 0.15) is 5.25 Å². The summed E-state index contributed by atoms with van der Waals surface area (Å²) in [5, 5.41) is 0.121. The molecule has 1 nitrogen and oxygen atoms in total. The lowest BCUT2D eigenvalue weighted by Gasteiger charge is -2.22. The highest BCUT2D eigenvalue weighted by atomic mass is 32.2. The summed E-state index contributed by atoms with van der Waals surface area (Å²) in [6, 6.07) is 6.11. The van der Waals surface area contributed by atoms with Crippen LogP contribution in [0.15, 0.2) is 46.4 Å². The van der Waals surface area contributed by atoms with Crippen molar-refractivity contribution in [3.63, 3.8) is 0 Å². The number of benzene rings is 1. The number of allylic oxidation sites excluding steroid dienone is 3. The zero-order valence-electron chi connectivity index (χ0n) is 11.5. The fourth-order valence-corrected chi connectivity index (χ4v) is 3.54. The van der Waals surface area contributed by atoms with E-state index in [4.69, 9.17) is 0 Å². The largest absolute Gasteiger partial charge is 0.611 e. The van der Waals surface area contributed by atoms with Gasteiger partial charge in [0.2, 0.25) is 0 Å².